The van der Waals surface area contributed by atoms with Crippen LogP contribution in [-0.4, -0.2) is 38.3 Å². The SMILES string of the molecule is COc1ccc(NC(=O)NCCCC[C@@H]2CCCO2)cc1NC(C)=O. The van der Waals surface area contributed by atoms with Crippen LogP contribution < -0.4 is 20.7 Å². The Bertz CT molecular complexity index is 586. The summed E-state index contributed by atoms with van der Waals surface area (Å²) in [5.74, 6) is 0.335. The number of methoxy groups -OCH3 is 1. The largest absolute Gasteiger partial charge is 0.495 e. The molecule has 1 atom stereocenters. The van der Waals surface area contributed by atoms with Crippen LogP contribution in [0.1, 0.15) is 39.0 Å². The van der Waals surface area contributed by atoms with Crippen LogP contribution in [-0.2, 0) is 9.53 Å². The number of unbranched alkanes of at least 4 members (excludes halogenated alkanes) is 1. The maximum Gasteiger partial charge on any atom is 0.319 e. The Labute approximate surface area is 148 Å². The van der Waals surface area contributed by atoms with Crippen molar-refractivity contribution < 1.29 is 19.1 Å². The number of hydrogen-bond donors (Lipinski definition) is 3. The van der Waals surface area contributed by atoms with Gasteiger partial charge >= 0.3 is 6.03 Å². The molecule has 3 N–H and O–H groups in total. The van der Waals surface area contributed by atoms with Crippen LogP contribution in [0, 0.1) is 0 Å². The molecule has 0 aromatic heterocycles. The molecule has 0 aliphatic carbocycles. The molecule has 7 heteroatoms. The number of carbonyl (C=O) groups is 2. The van der Waals surface area contributed by atoms with Crippen molar-refractivity contribution in [3.05, 3.63) is 18.2 Å². The van der Waals surface area contributed by atoms with Crippen LogP contribution in [0.4, 0.5) is 16.2 Å². The van der Waals surface area contributed by atoms with Crippen molar-refractivity contribution in [2.75, 3.05) is 30.9 Å². The van der Waals surface area contributed by atoms with E-state index in [1.807, 2.05) is 0 Å². The maximum atomic E-state index is 12.0. The molecule has 0 radical (unpaired) electrons. The first-order chi connectivity index (χ1) is 12.1. The minimum Gasteiger partial charge on any atom is -0.495 e. The fourth-order valence-corrected chi connectivity index (χ4v) is 2.82. The average molecular weight is 349 g/mol. The predicted molar refractivity (Wildman–Crippen MR) is 97.1 cm³/mol. The third-order valence-corrected chi connectivity index (χ3v) is 4.03. The van der Waals surface area contributed by atoms with Gasteiger partial charge in [-0.05, 0) is 50.3 Å². The third kappa shape index (κ3) is 6.62. The lowest BCUT2D eigenvalue weighted by Crippen LogP contribution is -2.29. The Kier molecular flexibility index (Phi) is 7.53. The summed E-state index contributed by atoms with van der Waals surface area (Å²) in [5, 5.41) is 8.27. The second kappa shape index (κ2) is 9.88. The fourth-order valence-electron chi connectivity index (χ4n) is 2.82. The number of hydrogen-bond acceptors (Lipinski definition) is 4. The number of nitrogens with one attached hydrogen (secondary N) is 3. The molecule has 1 aromatic carbocycles. The van der Waals surface area contributed by atoms with Crippen LogP contribution in [0.15, 0.2) is 18.2 Å². The summed E-state index contributed by atoms with van der Waals surface area (Å²) in [6, 6.07) is 4.82. The van der Waals surface area contributed by atoms with E-state index in [4.69, 9.17) is 9.47 Å². The van der Waals surface area contributed by atoms with E-state index in [-0.39, 0.29) is 11.9 Å². The van der Waals surface area contributed by atoms with Crippen molar-refractivity contribution in [3.8, 4) is 5.75 Å². The van der Waals surface area contributed by atoms with Gasteiger partial charge in [-0.1, -0.05) is 0 Å². The van der Waals surface area contributed by atoms with Gasteiger partial charge in [0, 0.05) is 25.8 Å². The number of carbonyl (C=O) groups excluding carboxylic acids is 2. The molecule has 1 heterocycles. The summed E-state index contributed by atoms with van der Waals surface area (Å²) in [6.45, 7) is 2.92. The van der Waals surface area contributed by atoms with Gasteiger partial charge in [-0.15, -0.1) is 0 Å². The van der Waals surface area contributed by atoms with Crippen LogP contribution in [0.5, 0.6) is 5.75 Å². The van der Waals surface area contributed by atoms with E-state index in [1.165, 1.54) is 14.0 Å². The molecule has 0 saturated carbocycles. The topological polar surface area (TPSA) is 88.7 Å². The van der Waals surface area contributed by atoms with Crippen molar-refractivity contribution in [2.24, 2.45) is 0 Å². The number of urea groups is 1. The smallest absolute Gasteiger partial charge is 0.319 e. The van der Waals surface area contributed by atoms with Crippen LogP contribution in [0.25, 0.3) is 0 Å². The minimum absolute atomic E-state index is 0.203. The molecule has 1 aliphatic heterocycles. The van der Waals surface area contributed by atoms with Gasteiger partial charge in [0.25, 0.3) is 0 Å². The number of anilines is 2. The van der Waals surface area contributed by atoms with Gasteiger partial charge in [-0.3, -0.25) is 4.79 Å². The van der Waals surface area contributed by atoms with E-state index < -0.39 is 0 Å². The molecule has 1 fully saturated rings. The predicted octanol–water partition coefficient (Wildman–Crippen LogP) is 3.12. The van der Waals surface area contributed by atoms with E-state index in [1.54, 1.807) is 18.2 Å². The highest BCUT2D eigenvalue weighted by molar-refractivity contribution is 5.94. The fraction of sp³-hybridized carbons (Fsp3) is 0.556. The summed E-state index contributed by atoms with van der Waals surface area (Å²) in [5.41, 5.74) is 1.10. The van der Waals surface area contributed by atoms with Gasteiger partial charge in [0.15, 0.2) is 0 Å². The number of benzene rings is 1. The lowest BCUT2D eigenvalue weighted by atomic mass is 10.1. The van der Waals surface area contributed by atoms with Crippen molar-refractivity contribution in [1.82, 2.24) is 5.32 Å². The quantitative estimate of drug-likeness (QED) is 0.629. The molecule has 25 heavy (non-hydrogen) atoms. The van der Waals surface area contributed by atoms with Crippen LogP contribution in [0.2, 0.25) is 0 Å². The maximum absolute atomic E-state index is 12.0. The Hall–Kier alpha value is -2.28. The second-order valence-corrected chi connectivity index (χ2v) is 6.11. The molecular formula is C18H27N3O4. The Morgan fingerprint density at radius 2 is 2.12 bits per heavy atom. The molecule has 0 spiro atoms. The molecule has 1 aliphatic rings. The monoisotopic (exact) mass is 349 g/mol. The van der Waals surface area contributed by atoms with Crippen molar-refractivity contribution in [1.29, 1.82) is 0 Å². The van der Waals surface area contributed by atoms with Crippen molar-refractivity contribution in [2.45, 2.75) is 45.1 Å². The highest BCUT2D eigenvalue weighted by Crippen LogP contribution is 2.27. The molecule has 3 amide bonds. The Balaban J connectivity index is 1.72. The molecule has 0 unspecified atom stereocenters. The zero-order valence-electron chi connectivity index (χ0n) is 14.9. The molecular weight excluding hydrogens is 322 g/mol. The van der Waals surface area contributed by atoms with Crippen LogP contribution in [0.3, 0.4) is 0 Å². The highest BCUT2D eigenvalue weighted by Gasteiger charge is 2.14. The third-order valence-electron chi connectivity index (χ3n) is 4.03. The Morgan fingerprint density at radius 3 is 2.80 bits per heavy atom. The molecule has 1 aromatic rings. The first-order valence-corrected chi connectivity index (χ1v) is 8.70. The summed E-state index contributed by atoms with van der Waals surface area (Å²) in [7, 11) is 1.52. The van der Waals surface area contributed by atoms with Gasteiger partial charge in [-0.25, -0.2) is 4.79 Å². The molecule has 2 rings (SSSR count). The minimum atomic E-state index is -0.268. The standard InChI is InChI=1S/C18H27N3O4/c1-13(22)20-16-12-14(8-9-17(16)24-2)21-18(23)19-10-4-3-6-15-7-5-11-25-15/h8-9,12,15H,3-7,10-11H2,1-2H3,(H,20,22)(H2,19,21,23)/t15-/m1/s1. The number of amides is 3. The molecule has 7 nitrogen and oxygen atoms in total. The molecule has 1 saturated heterocycles. The first kappa shape index (κ1) is 19.1. The normalized spacial score (nSPS) is 16.3. The highest BCUT2D eigenvalue weighted by atomic mass is 16.5. The van der Waals surface area contributed by atoms with Gasteiger partial charge in [0.05, 0.1) is 18.9 Å². The van der Waals surface area contributed by atoms with Gasteiger partial charge in [0.1, 0.15) is 5.75 Å². The zero-order valence-corrected chi connectivity index (χ0v) is 14.9. The van der Waals surface area contributed by atoms with E-state index in [2.05, 4.69) is 16.0 Å². The first-order valence-electron chi connectivity index (χ1n) is 8.70. The van der Waals surface area contributed by atoms with Gasteiger partial charge in [0.2, 0.25) is 5.91 Å². The summed E-state index contributed by atoms with van der Waals surface area (Å²) in [4.78, 5) is 23.2. The number of ether oxygens (including phenoxy) is 2. The van der Waals surface area contributed by atoms with Crippen molar-refractivity contribution >= 4 is 23.3 Å². The van der Waals surface area contributed by atoms with E-state index in [9.17, 15) is 9.59 Å². The molecule has 0 bridgehead atoms. The second-order valence-electron chi connectivity index (χ2n) is 6.11. The van der Waals surface area contributed by atoms with Gasteiger partial charge < -0.3 is 25.4 Å². The Morgan fingerprint density at radius 1 is 1.28 bits per heavy atom. The van der Waals surface area contributed by atoms with Crippen molar-refractivity contribution in [3.63, 3.8) is 0 Å². The van der Waals surface area contributed by atoms with E-state index in [0.29, 0.717) is 29.8 Å². The number of rotatable bonds is 8. The summed E-state index contributed by atoms with van der Waals surface area (Å²) >= 11 is 0. The van der Waals surface area contributed by atoms with Gasteiger partial charge in [-0.2, -0.15) is 0 Å². The lowest BCUT2D eigenvalue weighted by Gasteiger charge is -2.13. The van der Waals surface area contributed by atoms with Crippen LogP contribution >= 0.6 is 0 Å². The zero-order chi connectivity index (χ0) is 18.1. The summed E-state index contributed by atoms with van der Waals surface area (Å²) in [6.07, 6.45) is 5.74. The molecule has 138 valence electrons. The van der Waals surface area contributed by atoms with E-state index in [0.717, 1.165) is 38.7 Å². The average Bonchev–Trinajstić information content (AvgIpc) is 3.07. The lowest BCUT2D eigenvalue weighted by molar-refractivity contribution is -0.114. The van der Waals surface area contributed by atoms with E-state index >= 15 is 0 Å². The summed E-state index contributed by atoms with van der Waals surface area (Å²) < 4.78 is 10.8.